The smallest absolute Gasteiger partial charge is 0.413 e. The molecule has 1 aromatic carbocycles. The molecular weight excluding hydrogens is 350 g/mol. The van der Waals surface area contributed by atoms with Gasteiger partial charge in [0.15, 0.2) is 0 Å². The molecule has 0 bridgehead atoms. The summed E-state index contributed by atoms with van der Waals surface area (Å²) in [5.41, 5.74) is 0.592. The SMILES string of the molecule is COC(=O)NC(=O)[C@@H](C)Sc1nnc(-c2ccc(OC)cc2OC)o1. The number of hydrogen-bond acceptors (Lipinski definition) is 9. The second-order valence-electron chi connectivity index (χ2n) is 4.68. The van der Waals surface area contributed by atoms with Gasteiger partial charge in [-0.3, -0.25) is 10.1 Å². The Hall–Kier alpha value is -2.75. The van der Waals surface area contributed by atoms with E-state index in [1.807, 2.05) is 0 Å². The number of amides is 2. The fourth-order valence-corrected chi connectivity index (χ4v) is 2.48. The molecule has 1 N–H and O–H groups in total. The van der Waals surface area contributed by atoms with Crippen LogP contribution in [0.5, 0.6) is 11.5 Å². The Morgan fingerprint density at radius 2 is 1.96 bits per heavy atom. The van der Waals surface area contributed by atoms with Crippen LogP contribution in [0.2, 0.25) is 0 Å². The number of nitrogens with one attached hydrogen (secondary N) is 1. The van der Waals surface area contributed by atoms with E-state index in [4.69, 9.17) is 13.9 Å². The molecule has 0 spiro atoms. The molecule has 0 aliphatic heterocycles. The van der Waals surface area contributed by atoms with Gasteiger partial charge in [0.1, 0.15) is 11.5 Å². The number of alkyl carbamates (subject to hydrolysis) is 1. The van der Waals surface area contributed by atoms with Gasteiger partial charge in [0, 0.05) is 6.07 Å². The first-order valence-electron chi connectivity index (χ1n) is 7.09. The first-order valence-corrected chi connectivity index (χ1v) is 7.97. The summed E-state index contributed by atoms with van der Waals surface area (Å²) >= 11 is 1.02. The predicted molar refractivity (Wildman–Crippen MR) is 88.7 cm³/mol. The Morgan fingerprint density at radius 3 is 2.60 bits per heavy atom. The van der Waals surface area contributed by atoms with Gasteiger partial charge >= 0.3 is 6.09 Å². The molecule has 2 rings (SSSR count). The van der Waals surface area contributed by atoms with Crippen LogP contribution in [0.1, 0.15) is 6.92 Å². The van der Waals surface area contributed by atoms with Gasteiger partial charge in [0.25, 0.3) is 11.1 Å². The van der Waals surface area contributed by atoms with E-state index in [9.17, 15) is 9.59 Å². The van der Waals surface area contributed by atoms with Crippen LogP contribution in [0.15, 0.2) is 27.8 Å². The standard InChI is InChI=1S/C15H17N3O6S/c1-8(12(19)16-14(20)23-4)25-15-18-17-13(24-15)10-6-5-9(21-2)7-11(10)22-3/h5-8H,1-4H3,(H,16,19,20)/t8-/m1/s1. The lowest BCUT2D eigenvalue weighted by molar-refractivity contribution is -0.119. The van der Waals surface area contributed by atoms with Crippen LogP contribution in [-0.2, 0) is 9.53 Å². The molecule has 2 amide bonds. The molecule has 10 heteroatoms. The third-order valence-corrected chi connectivity index (χ3v) is 4.04. The van der Waals surface area contributed by atoms with Crippen molar-refractivity contribution in [2.24, 2.45) is 0 Å². The maximum Gasteiger partial charge on any atom is 0.413 e. The number of ether oxygens (including phenoxy) is 3. The number of benzene rings is 1. The zero-order chi connectivity index (χ0) is 18.4. The van der Waals surface area contributed by atoms with Gasteiger partial charge in [-0.15, -0.1) is 10.2 Å². The van der Waals surface area contributed by atoms with Crippen LogP contribution in [0.4, 0.5) is 4.79 Å². The fourth-order valence-electron chi connectivity index (χ4n) is 1.80. The molecule has 0 fully saturated rings. The van der Waals surface area contributed by atoms with Crippen LogP contribution in [-0.4, -0.2) is 48.8 Å². The molecule has 1 heterocycles. The summed E-state index contributed by atoms with van der Waals surface area (Å²) in [6.07, 6.45) is -0.827. The number of aromatic nitrogens is 2. The molecule has 0 aliphatic rings. The van der Waals surface area contributed by atoms with Gasteiger partial charge in [-0.25, -0.2) is 4.79 Å². The van der Waals surface area contributed by atoms with Crippen molar-refractivity contribution in [2.45, 2.75) is 17.4 Å². The zero-order valence-electron chi connectivity index (χ0n) is 14.1. The summed E-state index contributed by atoms with van der Waals surface area (Å²) in [4.78, 5) is 22.9. The molecule has 1 aromatic heterocycles. The molecule has 134 valence electrons. The van der Waals surface area contributed by atoms with E-state index in [0.717, 1.165) is 11.8 Å². The number of thioether (sulfide) groups is 1. The van der Waals surface area contributed by atoms with Crippen molar-refractivity contribution in [1.29, 1.82) is 0 Å². The average Bonchev–Trinajstić information content (AvgIpc) is 3.08. The number of hydrogen-bond donors (Lipinski definition) is 1. The summed E-state index contributed by atoms with van der Waals surface area (Å²) < 4.78 is 20.4. The third-order valence-electron chi connectivity index (χ3n) is 3.10. The van der Waals surface area contributed by atoms with Crippen molar-refractivity contribution in [3.63, 3.8) is 0 Å². The number of carbonyl (C=O) groups is 2. The Bertz CT molecular complexity index is 763. The van der Waals surface area contributed by atoms with Crippen LogP contribution >= 0.6 is 11.8 Å². The maximum absolute atomic E-state index is 11.8. The summed E-state index contributed by atoms with van der Waals surface area (Å²) in [6, 6.07) is 5.16. The highest BCUT2D eigenvalue weighted by molar-refractivity contribution is 8.00. The van der Waals surface area contributed by atoms with E-state index in [2.05, 4.69) is 20.3 Å². The van der Waals surface area contributed by atoms with Gasteiger partial charge in [0.2, 0.25) is 5.91 Å². The van der Waals surface area contributed by atoms with E-state index >= 15 is 0 Å². The average molecular weight is 367 g/mol. The van der Waals surface area contributed by atoms with Gasteiger partial charge < -0.3 is 18.6 Å². The molecule has 0 unspecified atom stereocenters. The molecule has 0 aliphatic carbocycles. The second kappa shape index (κ2) is 8.38. The Kier molecular flexibility index (Phi) is 6.23. The quantitative estimate of drug-likeness (QED) is 0.767. The highest BCUT2D eigenvalue weighted by atomic mass is 32.2. The summed E-state index contributed by atoms with van der Waals surface area (Å²) in [5, 5.41) is 9.48. The van der Waals surface area contributed by atoms with Gasteiger partial charge in [-0.05, 0) is 19.1 Å². The number of nitrogens with zero attached hydrogens (tertiary/aromatic N) is 2. The number of carbonyl (C=O) groups excluding carboxylic acids is 2. The van der Waals surface area contributed by atoms with E-state index in [1.54, 1.807) is 32.2 Å². The zero-order valence-corrected chi connectivity index (χ0v) is 14.9. The molecular formula is C15H17N3O6S. The van der Waals surface area contributed by atoms with Crippen LogP contribution < -0.4 is 14.8 Å². The lowest BCUT2D eigenvalue weighted by atomic mass is 10.2. The number of methoxy groups -OCH3 is 3. The minimum absolute atomic E-state index is 0.181. The van der Waals surface area contributed by atoms with Crippen molar-refractivity contribution >= 4 is 23.8 Å². The fraction of sp³-hybridized carbons (Fsp3) is 0.333. The minimum Gasteiger partial charge on any atom is -0.497 e. The van der Waals surface area contributed by atoms with Gasteiger partial charge in [-0.2, -0.15) is 0 Å². The van der Waals surface area contributed by atoms with Crippen molar-refractivity contribution in [3.8, 4) is 23.0 Å². The van der Waals surface area contributed by atoms with Gasteiger partial charge in [0.05, 0.1) is 32.1 Å². The molecule has 1 atom stereocenters. The molecule has 0 saturated heterocycles. The normalized spacial score (nSPS) is 11.5. The van der Waals surface area contributed by atoms with E-state index in [1.165, 1.54) is 14.2 Å². The Morgan fingerprint density at radius 1 is 1.20 bits per heavy atom. The van der Waals surface area contributed by atoms with E-state index in [0.29, 0.717) is 17.1 Å². The predicted octanol–water partition coefficient (Wildman–Crippen LogP) is 2.12. The summed E-state index contributed by atoms with van der Waals surface area (Å²) in [5.74, 6) is 0.847. The van der Waals surface area contributed by atoms with E-state index < -0.39 is 17.3 Å². The molecule has 25 heavy (non-hydrogen) atoms. The first-order chi connectivity index (χ1) is 12.0. The first kappa shape index (κ1) is 18.6. The summed E-state index contributed by atoms with van der Waals surface area (Å²) in [6.45, 7) is 1.60. The molecule has 9 nitrogen and oxygen atoms in total. The number of imide groups is 1. The largest absolute Gasteiger partial charge is 0.497 e. The summed E-state index contributed by atoms with van der Waals surface area (Å²) in [7, 11) is 4.24. The monoisotopic (exact) mass is 367 g/mol. The lowest BCUT2D eigenvalue weighted by Crippen LogP contribution is -2.35. The van der Waals surface area contributed by atoms with Crippen LogP contribution in [0.3, 0.4) is 0 Å². The molecule has 0 radical (unpaired) electrons. The molecule has 2 aromatic rings. The van der Waals surface area contributed by atoms with Crippen molar-refractivity contribution < 1.29 is 28.2 Å². The number of rotatable bonds is 6. The highest BCUT2D eigenvalue weighted by Crippen LogP contribution is 2.34. The molecule has 0 saturated carbocycles. The second-order valence-corrected chi connectivity index (χ2v) is 5.97. The third kappa shape index (κ3) is 4.63. The minimum atomic E-state index is -0.827. The van der Waals surface area contributed by atoms with Crippen LogP contribution in [0.25, 0.3) is 11.5 Å². The topological polar surface area (TPSA) is 113 Å². The van der Waals surface area contributed by atoms with E-state index in [-0.39, 0.29) is 11.1 Å². The lowest BCUT2D eigenvalue weighted by Gasteiger charge is -2.08. The Labute approximate surface area is 148 Å². The van der Waals surface area contributed by atoms with Gasteiger partial charge in [-0.1, -0.05) is 11.8 Å². The van der Waals surface area contributed by atoms with Crippen molar-refractivity contribution in [2.75, 3.05) is 21.3 Å². The Balaban J connectivity index is 2.12. The van der Waals surface area contributed by atoms with Crippen molar-refractivity contribution in [3.05, 3.63) is 18.2 Å². The maximum atomic E-state index is 11.8. The highest BCUT2D eigenvalue weighted by Gasteiger charge is 2.21. The van der Waals surface area contributed by atoms with Crippen LogP contribution in [0, 0.1) is 0 Å². The van der Waals surface area contributed by atoms with Crippen molar-refractivity contribution in [1.82, 2.24) is 15.5 Å².